The fourth-order valence-electron chi connectivity index (χ4n) is 5.38. The third kappa shape index (κ3) is 15.3. The van der Waals surface area contributed by atoms with Gasteiger partial charge in [-0.15, -0.1) is 0 Å². The molecule has 2 rings (SSSR count). The van der Waals surface area contributed by atoms with Crippen molar-refractivity contribution in [1.82, 2.24) is 21.3 Å². The van der Waals surface area contributed by atoms with Crippen molar-refractivity contribution in [3.8, 4) is 0 Å². The van der Waals surface area contributed by atoms with Crippen LogP contribution in [0.25, 0.3) is 0 Å². The summed E-state index contributed by atoms with van der Waals surface area (Å²) in [7, 11) is 0. The van der Waals surface area contributed by atoms with Gasteiger partial charge in [-0.3, -0.25) is 14.4 Å². The maximum atomic E-state index is 13.8. The van der Waals surface area contributed by atoms with Crippen molar-refractivity contribution >= 4 is 23.8 Å². The molecule has 48 heavy (non-hydrogen) atoms. The van der Waals surface area contributed by atoms with Crippen LogP contribution in [0.3, 0.4) is 0 Å². The molecule has 0 bridgehead atoms. The Hall–Kier alpha value is -3.92. The van der Waals surface area contributed by atoms with Crippen LogP contribution in [0.4, 0.5) is 4.79 Å². The van der Waals surface area contributed by atoms with Gasteiger partial charge < -0.3 is 31.1 Å². The number of rotatable bonds is 21. The first-order valence-corrected chi connectivity index (χ1v) is 17.5. The van der Waals surface area contributed by atoms with E-state index in [-0.39, 0.29) is 31.3 Å². The molecule has 0 aliphatic carbocycles. The van der Waals surface area contributed by atoms with E-state index in [4.69, 9.17) is 4.74 Å². The van der Waals surface area contributed by atoms with E-state index in [9.17, 15) is 24.3 Å². The van der Waals surface area contributed by atoms with Crippen molar-refractivity contribution in [2.75, 3.05) is 6.54 Å². The molecule has 2 aromatic carbocycles. The van der Waals surface area contributed by atoms with Crippen LogP contribution in [0.15, 0.2) is 60.7 Å². The highest BCUT2D eigenvalue weighted by Gasteiger charge is 2.32. The summed E-state index contributed by atoms with van der Waals surface area (Å²) in [4.78, 5) is 53.2. The number of benzene rings is 2. The lowest BCUT2D eigenvalue weighted by Gasteiger charge is -2.30. The smallest absolute Gasteiger partial charge is 0.408 e. The molecule has 266 valence electrons. The highest BCUT2D eigenvalue weighted by molar-refractivity contribution is 5.91. The average molecular weight is 667 g/mol. The van der Waals surface area contributed by atoms with Crippen molar-refractivity contribution in [3.05, 3.63) is 71.8 Å². The summed E-state index contributed by atoms with van der Waals surface area (Å²) in [5.74, 6) is -0.962. The molecule has 10 heteroatoms. The number of nitrogens with one attached hydrogen (secondary N) is 4. The third-order valence-corrected chi connectivity index (χ3v) is 8.17. The summed E-state index contributed by atoms with van der Waals surface area (Å²) in [6.45, 7) is 12.6. The fourth-order valence-corrected chi connectivity index (χ4v) is 5.38. The van der Waals surface area contributed by atoms with Crippen molar-refractivity contribution in [2.24, 2.45) is 17.8 Å². The van der Waals surface area contributed by atoms with Gasteiger partial charge in [0.25, 0.3) is 0 Å². The van der Waals surface area contributed by atoms with Crippen molar-refractivity contribution in [3.63, 3.8) is 0 Å². The molecule has 0 saturated carbocycles. The van der Waals surface area contributed by atoms with Gasteiger partial charge in [-0.2, -0.15) is 0 Å². The average Bonchev–Trinajstić information content (AvgIpc) is 3.06. The van der Waals surface area contributed by atoms with E-state index >= 15 is 0 Å². The van der Waals surface area contributed by atoms with Gasteiger partial charge >= 0.3 is 6.09 Å². The van der Waals surface area contributed by atoms with Crippen LogP contribution >= 0.6 is 0 Å². The van der Waals surface area contributed by atoms with Gasteiger partial charge in [0.15, 0.2) is 0 Å². The Morgan fingerprint density at radius 3 is 1.90 bits per heavy atom. The van der Waals surface area contributed by atoms with E-state index in [1.165, 1.54) is 0 Å². The molecule has 0 aliphatic heterocycles. The van der Waals surface area contributed by atoms with Crippen LogP contribution < -0.4 is 21.3 Å². The molecule has 0 saturated heterocycles. The second-order valence-corrected chi connectivity index (χ2v) is 13.4. The highest BCUT2D eigenvalue weighted by atomic mass is 16.5. The van der Waals surface area contributed by atoms with Crippen molar-refractivity contribution < 1.29 is 29.0 Å². The van der Waals surface area contributed by atoms with Gasteiger partial charge in [-0.25, -0.2) is 4.79 Å². The van der Waals surface area contributed by atoms with Crippen molar-refractivity contribution in [2.45, 2.75) is 117 Å². The molecule has 2 aromatic rings. The van der Waals surface area contributed by atoms with Crippen LogP contribution in [-0.4, -0.2) is 59.7 Å². The zero-order chi connectivity index (χ0) is 35.5. The molecule has 10 nitrogen and oxygen atoms in total. The molecule has 0 fully saturated rings. The number of unbranched alkanes of at least 4 members (excludes halogenated alkanes) is 1. The normalized spacial score (nSPS) is 14.4. The number of aliphatic hydroxyl groups is 1. The molecule has 0 unspecified atom stereocenters. The second-order valence-electron chi connectivity index (χ2n) is 13.4. The monoisotopic (exact) mass is 666 g/mol. The van der Waals surface area contributed by atoms with Gasteiger partial charge in [0.2, 0.25) is 17.7 Å². The topological polar surface area (TPSA) is 146 Å². The van der Waals surface area contributed by atoms with E-state index < -0.39 is 48.1 Å². The minimum atomic E-state index is -1.00. The summed E-state index contributed by atoms with van der Waals surface area (Å²) in [6.07, 6.45) is 1.62. The number of alkyl carbamates (subject to hydrolysis) is 1. The van der Waals surface area contributed by atoms with E-state index in [1.54, 1.807) is 0 Å². The van der Waals surface area contributed by atoms with Crippen molar-refractivity contribution in [1.29, 1.82) is 0 Å². The predicted molar refractivity (Wildman–Crippen MR) is 189 cm³/mol. The van der Waals surface area contributed by atoms with Gasteiger partial charge in [0.05, 0.1) is 12.1 Å². The number of carbonyl (C=O) groups excluding carboxylic acids is 4. The highest BCUT2D eigenvalue weighted by Crippen LogP contribution is 2.19. The Kier molecular flexibility index (Phi) is 18.3. The largest absolute Gasteiger partial charge is 0.445 e. The summed E-state index contributed by atoms with van der Waals surface area (Å²) < 4.78 is 5.40. The van der Waals surface area contributed by atoms with Crippen LogP contribution in [0.2, 0.25) is 0 Å². The number of ether oxygens (including phenoxy) is 1. The maximum absolute atomic E-state index is 13.8. The van der Waals surface area contributed by atoms with E-state index in [2.05, 4.69) is 21.3 Å². The first-order chi connectivity index (χ1) is 22.9. The zero-order valence-corrected chi connectivity index (χ0v) is 29.7. The van der Waals surface area contributed by atoms with Gasteiger partial charge in [-0.05, 0) is 48.6 Å². The molecular formula is C38H58N4O6. The van der Waals surface area contributed by atoms with E-state index in [0.717, 1.165) is 17.5 Å². The van der Waals surface area contributed by atoms with E-state index in [0.29, 0.717) is 38.1 Å². The molecule has 0 heterocycles. The second kappa shape index (κ2) is 21.9. The number of amides is 4. The Labute approximate surface area is 287 Å². The lowest BCUT2D eigenvalue weighted by Crippen LogP contribution is -2.57. The summed E-state index contributed by atoms with van der Waals surface area (Å²) in [5.41, 5.74) is 1.64. The summed E-state index contributed by atoms with van der Waals surface area (Å²) in [5, 5.41) is 22.8. The Morgan fingerprint density at radius 2 is 1.33 bits per heavy atom. The molecule has 5 N–H and O–H groups in total. The quantitative estimate of drug-likeness (QED) is 0.123. The number of hydrogen-bond acceptors (Lipinski definition) is 6. The van der Waals surface area contributed by atoms with Gasteiger partial charge in [-0.1, -0.05) is 115 Å². The minimum absolute atomic E-state index is 0.0473. The standard InChI is InChI=1S/C38H58N4O6/c1-7-9-20-31(36(45)41-32(21-26(3)4)34(43)23-30(8-2)35(44)39-24-27(5)6)40-37(46)33(22-28-16-12-10-13-17-28)42-38(47)48-25-29-18-14-11-15-19-29/h10-19,26-27,30-34,43H,7-9,20-25H2,1-6H3,(H,39,44)(H,40,46)(H,41,45)(H,42,47)/t30-,31-,32-,33-,34-/m0/s1. The molecule has 0 aliphatic rings. The molecule has 0 radical (unpaired) electrons. The third-order valence-electron chi connectivity index (χ3n) is 8.17. The molecule has 5 atom stereocenters. The van der Waals surface area contributed by atoms with Crippen LogP contribution in [0.5, 0.6) is 0 Å². The number of carbonyl (C=O) groups is 4. The first kappa shape index (κ1) is 40.3. The van der Waals surface area contributed by atoms with Crippen LogP contribution in [-0.2, 0) is 32.1 Å². The number of hydrogen-bond donors (Lipinski definition) is 5. The maximum Gasteiger partial charge on any atom is 0.408 e. The van der Waals surface area contributed by atoms with Gasteiger partial charge in [0, 0.05) is 18.9 Å². The molecular weight excluding hydrogens is 608 g/mol. The van der Waals surface area contributed by atoms with E-state index in [1.807, 2.05) is 102 Å². The first-order valence-electron chi connectivity index (χ1n) is 17.5. The summed E-state index contributed by atoms with van der Waals surface area (Å²) in [6, 6.07) is 16.0. The Morgan fingerprint density at radius 1 is 0.729 bits per heavy atom. The zero-order valence-electron chi connectivity index (χ0n) is 29.7. The minimum Gasteiger partial charge on any atom is -0.445 e. The Bertz CT molecular complexity index is 1240. The molecule has 4 amide bonds. The SMILES string of the molecule is CCCC[C@H](NC(=O)[C@H](Cc1ccccc1)NC(=O)OCc1ccccc1)C(=O)N[C@@H](CC(C)C)[C@@H](O)C[C@H](CC)C(=O)NCC(C)C. The van der Waals surface area contributed by atoms with Crippen LogP contribution in [0, 0.1) is 17.8 Å². The van der Waals surface area contributed by atoms with Crippen LogP contribution in [0.1, 0.15) is 91.2 Å². The molecule has 0 spiro atoms. The fraction of sp³-hybridized carbons (Fsp3) is 0.579. The number of aliphatic hydroxyl groups excluding tert-OH is 1. The molecule has 0 aromatic heterocycles. The predicted octanol–water partition coefficient (Wildman–Crippen LogP) is 5.28. The summed E-state index contributed by atoms with van der Waals surface area (Å²) >= 11 is 0. The lowest BCUT2D eigenvalue weighted by molar-refractivity contribution is -0.131. The van der Waals surface area contributed by atoms with Gasteiger partial charge in [0.1, 0.15) is 18.7 Å². The lowest BCUT2D eigenvalue weighted by atomic mass is 9.90. The Balaban J connectivity index is 2.19.